The van der Waals surface area contributed by atoms with E-state index in [-0.39, 0.29) is 17.9 Å². The lowest BCUT2D eigenvalue weighted by atomic mass is 10.2. The highest BCUT2D eigenvalue weighted by atomic mass is 32.2. The summed E-state index contributed by atoms with van der Waals surface area (Å²) in [6.07, 6.45) is 1.90. The van der Waals surface area contributed by atoms with Crippen LogP contribution in [-0.4, -0.2) is 49.3 Å². The molecular formula is C22H20N4O4S2. The normalized spacial score (nSPS) is 18.8. The summed E-state index contributed by atoms with van der Waals surface area (Å²) in [6.45, 7) is 0.207. The molecule has 4 aromatic rings. The van der Waals surface area contributed by atoms with Crippen LogP contribution in [0.25, 0.3) is 21.1 Å². The van der Waals surface area contributed by atoms with Crippen LogP contribution < -0.4 is 10.6 Å². The Bertz CT molecular complexity index is 1430. The average molecular weight is 469 g/mol. The molecule has 2 atom stereocenters. The molecule has 0 saturated carbocycles. The van der Waals surface area contributed by atoms with Crippen LogP contribution in [0.1, 0.15) is 6.42 Å². The van der Waals surface area contributed by atoms with Gasteiger partial charge in [-0.25, -0.2) is 13.4 Å². The van der Waals surface area contributed by atoms with Crippen molar-refractivity contribution in [3.05, 3.63) is 54.2 Å². The summed E-state index contributed by atoms with van der Waals surface area (Å²) in [4.78, 5) is 20.7. The fraction of sp³-hybridized carbons (Fsp3) is 0.227. The molecule has 1 unspecified atom stereocenters. The molecule has 1 fully saturated rings. The van der Waals surface area contributed by atoms with Crippen LogP contribution in [-0.2, 0) is 19.4 Å². The standard InChI is InChI=1S/C22H20N4O4S2/c1-30-22(27)20-9-17(11-24-20)32(28,29)16-3-4-18-13(7-16)6-15(10-23-18)26-14-2-5-21-19(8-14)25-12-31-21/h2-8,10,12,17,20,24,26H,9,11H2,1H3/t17?,20-/m0/s1. The number of carbonyl (C=O) groups is 1. The number of hydrogen-bond donors (Lipinski definition) is 2. The first-order chi connectivity index (χ1) is 15.4. The molecule has 0 aliphatic carbocycles. The Balaban J connectivity index is 1.42. The van der Waals surface area contributed by atoms with E-state index in [1.165, 1.54) is 7.11 Å². The molecule has 5 rings (SSSR count). The summed E-state index contributed by atoms with van der Waals surface area (Å²) in [5, 5.41) is 6.26. The van der Waals surface area contributed by atoms with Crippen molar-refractivity contribution in [1.82, 2.24) is 15.3 Å². The number of nitrogens with zero attached hydrogens (tertiary/aromatic N) is 2. The van der Waals surface area contributed by atoms with Crippen LogP contribution in [0.2, 0.25) is 0 Å². The zero-order valence-corrected chi connectivity index (χ0v) is 18.7. The number of anilines is 2. The molecule has 0 bridgehead atoms. The van der Waals surface area contributed by atoms with Gasteiger partial charge in [-0.15, -0.1) is 11.3 Å². The van der Waals surface area contributed by atoms with Gasteiger partial charge in [0.1, 0.15) is 6.04 Å². The third-order valence-corrected chi connectivity index (χ3v) is 8.57. The largest absolute Gasteiger partial charge is 0.468 e. The molecule has 2 N–H and O–H groups in total. The van der Waals surface area contributed by atoms with Gasteiger partial charge in [0, 0.05) is 17.6 Å². The number of hydrogen-bond acceptors (Lipinski definition) is 9. The molecule has 10 heteroatoms. The Kier molecular flexibility index (Phi) is 5.28. The van der Waals surface area contributed by atoms with Gasteiger partial charge in [0.25, 0.3) is 0 Å². The maximum Gasteiger partial charge on any atom is 0.322 e. The molecule has 1 saturated heterocycles. The number of nitrogens with one attached hydrogen (secondary N) is 2. The Morgan fingerprint density at radius 2 is 2.00 bits per heavy atom. The summed E-state index contributed by atoms with van der Waals surface area (Å²) in [6, 6.07) is 12.1. The third-order valence-electron chi connectivity index (χ3n) is 5.62. The summed E-state index contributed by atoms with van der Waals surface area (Å²) in [7, 11) is -2.33. The Morgan fingerprint density at radius 3 is 2.84 bits per heavy atom. The molecule has 2 aromatic carbocycles. The van der Waals surface area contributed by atoms with Crippen molar-refractivity contribution in [3.63, 3.8) is 0 Å². The van der Waals surface area contributed by atoms with Crippen molar-refractivity contribution in [2.75, 3.05) is 19.0 Å². The van der Waals surface area contributed by atoms with Gasteiger partial charge in [-0.05, 0) is 48.9 Å². The first-order valence-electron chi connectivity index (χ1n) is 9.99. The van der Waals surface area contributed by atoms with Crippen LogP contribution in [0.3, 0.4) is 0 Å². The van der Waals surface area contributed by atoms with Crippen molar-refractivity contribution in [2.45, 2.75) is 22.6 Å². The highest BCUT2D eigenvalue weighted by Crippen LogP contribution is 2.28. The van der Waals surface area contributed by atoms with Gasteiger partial charge < -0.3 is 15.4 Å². The SMILES string of the molecule is COC(=O)[C@@H]1CC(S(=O)(=O)c2ccc3ncc(Nc4ccc5scnc5c4)cc3c2)CN1. The summed E-state index contributed by atoms with van der Waals surface area (Å²) in [5.74, 6) is -0.447. The highest BCUT2D eigenvalue weighted by molar-refractivity contribution is 7.92. The zero-order valence-electron chi connectivity index (χ0n) is 17.1. The molecule has 1 aliphatic rings. The first kappa shape index (κ1) is 20.8. The summed E-state index contributed by atoms with van der Waals surface area (Å²) in [5.41, 5.74) is 5.04. The highest BCUT2D eigenvalue weighted by Gasteiger charge is 2.38. The Hall–Kier alpha value is -3.08. The van der Waals surface area contributed by atoms with Crippen LogP contribution in [0, 0.1) is 0 Å². The number of esters is 1. The average Bonchev–Trinajstić information content (AvgIpc) is 3.48. The van der Waals surface area contributed by atoms with Crippen LogP contribution in [0.4, 0.5) is 11.4 Å². The van der Waals surface area contributed by atoms with Gasteiger partial charge in [0.15, 0.2) is 9.84 Å². The number of methoxy groups -OCH3 is 1. The van der Waals surface area contributed by atoms with E-state index < -0.39 is 27.1 Å². The predicted molar refractivity (Wildman–Crippen MR) is 124 cm³/mol. The quantitative estimate of drug-likeness (QED) is 0.430. The van der Waals surface area contributed by atoms with Crippen molar-refractivity contribution in [3.8, 4) is 0 Å². The summed E-state index contributed by atoms with van der Waals surface area (Å²) >= 11 is 1.58. The predicted octanol–water partition coefficient (Wildman–Crippen LogP) is 3.27. The van der Waals surface area contributed by atoms with Gasteiger partial charge in [-0.1, -0.05) is 0 Å². The van der Waals surface area contributed by atoms with Crippen molar-refractivity contribution < 1.29 is 17.9 Å². The van der Waals surface area contributed by atoms with Crippen LogP contribution >= 0.6 is 11.3 Å². The van der Waals surface area contributed by atoms with E-state index in [1.807, 2.05) is 24.3 Å². The molecule has 2 aromatic heterocycles. The van der Waals surface area contributed by atoms with Crippen LogP contribution in [0.5, 0.6) is 0 Å². The number of fused-ring (bicyclic) bond motifs is 2. The van der Waals surface area contributed by atoms with Gasteiger partial charge in [-0.2, -0.15) is 0 Å². The van der Waals surface area contributed by atoms with Gasteiger partial charge in [0.2, 0.25) is 0 Å². The minimum atomic E-state index is -3.62. The lowest BCUT2D eigenvalue weighted by molar-refractivity contribution is -0.142. The van der Waals surface area contributed by atoms with Crippen molar-refractivity contribution >= 4 is 59.6 Å². The second-order valence-corrected chi connectivity index (χ2v) is 10.7. The number of ether oxygens (including phenoxy) is 1. The van der Waals surface area contributed by atoms with E-state index in [0.29, 0.717) is 10.9 Å². The topological polar surface area (TPSA) is 110 Å². The molecule has 0 spiro atoms. The fourth-order valence-electron chi connectivity index (χ4n) is 3.91. The van der Waals surface area contributed by atoms with Crippen LogP contribution in [0.15, 0.2) is 59.1 Å². The lowest BCUT2D eigenvalue weighted by Crippen LogP contribution is -2.31. The number of thiazole rings is 1. The minimum absolute atomic E-state index is 0.186. The van der Waals surface area contributed by atoms with E-state index in [4.69, 9.17) is 4.74 Å². The number of benzene rings is 2. The van der Waals surface area contributed by atoms with E-state index in [0.717, 1.165) is 21.6 Å². The molecular weight excluding hydrogens is 448 g/mol. The van der Waals surface area contributed by atoms with Crippen molar-refractivity contribution in [2.24, 2.45) is 0 Å². The molecule has 0 radical (unpaired) electrons. The molecule has 3 heterocycles. The molecule has 8 nitrogen and oxygen atoms in total. The lowest BCUT2D eigenvalue weighted by Gasteiger charge is -2.12. The van der Waals surface area contributed by atoms with Gasteiger partial charge in [-0.3, -0.25) is 9.78 Å². The van der Waals surface area contributed by atoms with E-state index in [9.17, 15) is 13.2 Å². The number of pyridine rings is 1. The molecule has 164 valence electrons. The summed E-state index contributed by atoms with van der Waals surface area (Å²) < 4.78 is 32.2. The second kappa shape index (κ2) is 8.12. The Morgan fingerprint density at radius 1 is 1.12 bits per heavy atom. The zero-order chi connectivity index (χ0) is 22.3. The van der Waals surface area contributed by atoms with Gasteiger partial charge >= 0.3 is 5.97 Å². The molecule has 32 heavy (non-hydrogen) atoms. The van der Waals surface area contributed by atoms with E-state index in [1.54, 1.807) is 41.2 Å². The molecule has 0 amide bonds. The Labute approximate surface area is 188 Å². The van der Waals surface area contributed by atoms with Gasteiger partial charge in [0.05, 0.1) is 50.4 Å². The number of aromatic nitrogens is 2. The van der Waals surface area contributed by atoms with Crippen molar-refractivity contribution in [1.29, 1.82) is 0 Å². The first-order valence-corrected chi connectivity index (χ1v) is 12.4. The third kappa shape index (κ3) is 3.81. The molecule has 1 aliphatic heterocycles. The fourth-order valence-corrected chi connectivity index (χ4v) is 6.27. The second-order valence-electron chi connectivity index (χ2n) is 7.63. The number of sulfone groups is 1. The monoisotopic (exact) mass is 468 g/mol. The smallest absolute Gasteiger partial charge is 0.322 e. The van der Waals surface area contributed by atoms with E-state index >= 15 is 0 Å². The van der Waals surface area contributed by atoms with E-state index in [2.05, 4.69) is 20.6 Å². The minimum Gasteiger partial charge on any atom is -0.468 e. The maximum absolute atomic E-state index is 13.2. The number of rotatable bonds is 5. The number of carbonyl (C=O) groups excluding carboxylic acids is 1. The maximum atomic E-state index is 13.2.